The molecule has 38 heavy (non-hydrogen) atoms. The van der Waals surface area contributed by atoms with Crippen molar-refractivity contribution in [2.24, 2.45) is 0 Å². The van der Waals surface area contributed by atoms with E-state index in [-0.39, 0.29) is 36.4 Å². The quantitative estimate of drug-likeness (QED) is 0.594. The number of rotatable bonds is 5. The molecule has 1 aliphatic carbocycles. The molecule has 4 aliphatic rings. The summed E-state index contributed by atoms with van der Waals surface area (Å²) in [6.45, 7) is 10.7. The predicted molar refractivity (Wildman–Crippen MR) is 142 cm³/mol. The van der Waals surface area contributed by atoms with Gasteiger partial charge in [0.2, 0.25) is 0 Å². The summed E-state index contributed by atoms with van der Waals surface area (Å²) in [5.41, 5.74) is 2.75. The molecule has 4 fully saturated rings. The molecule has 10 heteroatoms. The first-order chi connectivity index (χ1) is 18.1. The van der Waals surface area contributed by atoms with Crippen molar-refractivity contribution < 1.29 is 19.1 Å². The van der Waals surface area contributed by atoms with E-state index in [0.717, 1.165) is 42.8 Å². The highest BCUT2D eigenvalue weighted by molar-refractivity contribution is 5.71. The van der Waals surface area contributed by atoms with Crippen LogP contribution in [0.2, 0.25) is 0 Å². The number of nitrogens with one attached hydrogen (secondary N) is 1. The Kier molecular flexibility index (Phi) is 6.18. The first-order valence-corrected chi connectivity index (χ1v) is 14.2. The second kappa shape index (κ2) is 9.31. The number of hydrogen-bond acceptors (Lipinski definition) is 7. The first kappa shape index (κ1) is 25.2. The van der Waals surface area contributed by atoms with Crippen molar-refractivity contribution in [2.75, 3.05) is 18.4 Å². The molecule has 1 N–H and O–H groups in total. The van der Waals surface area contributed by atoms with E-state index >= 15 is 0 Å². The van der Waals surface area contributed by atoms with E-state index in [1.54, 1.807) is 4.90 Å². The van der Waals surface area contributed by atoms with Gasteiger partial charge < -0.3 is 24.6 Å². The van der Waals surface area contributed by atoms with Gasteiger partial charge in [0.15, 0.2) is 5.65 Å². The Morgan fingerprint density at radius 3 is 2.34 bits per heavy atom. The summed E-state index contributed by atoms with van der Waals surface area (Å²) in [4.78, 5) is 33.8. The highest BCUT2D eigenvalue weighted by Crippen LogP contribution is 2.41. The van der Waals surface area contributed by atoms with Gasteiger partial charge in [-0.1, -0.05) is 13.8 Å². The molecule has 1 saturated carbocycles. The standard InChI is InChI=1S/C28H40N6O4/c1-16(2)22-13-29-34-24(12-23(17-6-7-17)31-25(22)34)30-18-10-19-8-9-20(11-18)33(19)27(36)37-21-14-32(15-21)26(35)38-28(3,4)5/h12-13,16-21,30H,6-11,14-15H2,1-5H3. The van der Waals surface area contributed by atoms with E-state index < -0.39 is 5.60 Å². The van der Waals surface area contributed by atoms with Gasteiger partial charge in [0.25, 0.3) is 0 Å². The molecule has 2 aromatic rings. The number of carbonyl (C=O) groups is 2. The smallest absolute Gasteiger partial charge is 0.410 e. The third-order valence-electron chi connectivity index (χ3n) is 8.20. The van der Waals surface area contributed by atoms with Gasteiger partial charge in [-0.15, -0.1) is 0 Å². The fourth-order valence-electron chi connectivity index (χ4n) is 6.09. The largest absolute Gasteiger partial charge is 0.444 e. The Morgan fingerprint density at radius 1 is 1.05 bits per heavy atom. The van der Waals surface area contributed by atoms with Crippen LogP contribution < -0.4 is 5.32 Å². The third-order valence-corrected chi connectivity index (χ3v) is 8.20. The van der Waals surface area contributed by atoms with Crippen LogP contribution in [0.4, 0.5) is 15.4 Å². The number of anilines is 1. The SMILES string of the molecule is CC(C)c1cnn2c(NC3CC4CCC(C3)N4C(=O)OC3CN(C(=O)OC(C)(C)C)C3)cc(C3CC3)nc12. The Balaban J connectivity index is 1.08. The van der Waals surface area contributed by atoms with Crippen LogP contribution in [0.3, 0.4) is 0 Å². The number of carbonyl (C=O) groups excluding carboxylic acids is 2. The number of hydrogen-bond donors (Lipinski definition) is 1. The second-order valence-corrected chi connectivity index (χ2v) is 12.8. The number of likely N-dealkylation sites (tertiary alicyclic amines) is 1. The Labute approximate surface area is 224 Å². The molecule has 206 valence electrons. The zero-order valence-electron chi connectivity index (χ0n) is 23.1. The molecule has 2 amide bonds. The maximum absolute atomic E-state index is 13.1. The van der Waals surface area contributed by atoms with Crippen LogP contribution in [0.25, 0.3) is 5.65 Å². The molecule has 5 heterocycles. The van der Waals surface area contributed by atoms with Crippen LogP contribution in [0.15, 0.2) is 12.3 Å². The van der Waals surface area contributed by atoms with Gasteiger partial charge in [-0.25, -0.2) is 14.6 Å². The van der Waals surface area contributed by atoms with Crippen molar-refractivity contribution in [3.8, 4) is 0 Å². The molecule has 2 aromatic heterocycles. The van der Waals surface area contributed by atoms with E-state index in [1.165, 1.54) is 18.4 Å². The molecular formula is C28H40N6O4. The Morgan fingerprint density at radius 2 is 1.74 bits per heavy atom. The lowest BCUT2D eigenvalue weighted by molar-refractivity contribution is -0.0485. The molecule has 2 atom stereocenters. The first-order valence-electron chi connectivity index (χ1n) is 14.2. The average Bonchev–Trinajstić information content (AvgIpc) is 3.50. The zero-order chi connectivity index (χ0) is 26.8. The maximum atomic E-state index is 13.1. The fourth-order valence-corrected chi connectivity index (χ4v) is 6.09. The molecule has 0 radical (unpaired) electrons. The predicted octanol–water partition coefficient (Wildman–Crippen LogP) is 4.89. The van der Waals surface area contributed by atoms with Gasteiger partial charge >= 0.3 is 12.2 Å². The van der Waals surface area contributed by atoms with Crippen LogP contribution in [0.5, 0.6) is 0 Å². The number of piperidine rings is 1. The molecule has 10 nitrogen and oxygen atoms in total. The minimum Gasteiger partial charge on any atom is -0.444 e. The van der Waals surface area contributed by atoms with E-state index in [2.05, 4.69) is 30.3 Å². The lowest BCUT2D eigenvalue weighted by Crippen LogP contribution is -2.58. The molecule has 0 spiro atoms. The van der Waals surface area contributed by atoms with Crippen LogP contribution in [0.1, 0.15) is 96.2 Å². The number of amides is 2. The summed E-state index contributed by atoms with van der Waals surface area (Å²) >= 11 is 0. The summed E-state index contributed by atoms with van der Waals surface area (Å²) in [6, 6.07) is 2.75. The average molecular weight is 525 g/mol. The Bertz CT molecular complexity index is 1210. The second-order valence-electron chi connectivity index (χ2n) is 12.8. The summed E-state index contributed by atoms with van der Waals surface area (Å²) in [7, 11) is 0. The van der Waals surface area contributed by atoms with Crippen molar-refractivity contribution in [2.45, 2.75) is 115 Å². The highest BCUT2D eigenvalue weighted by atomic mass is 16.6. The van der Waals surface area contributed by atoms with Crippen molar-refractivity contribution in [1.82, 2.24) is 24.4 Å². The van der Waals surface area contributed by atoms with Crippen molar-refractivity contribution in [1.29, 1.82) is 0 Å². The van der Waals surface area contributed by atoms with Gasteiger partial charge in [0.05, 0.1) is 19.3 Å². The van der Waals surface area contributed by atoms with Crippen molar-refractivity contribution in [3.63, 3.8) is 0 Å². The van der Waals surface area contributed by atoms with Crippen LogP contribution in [-0.2, 0) is 9.47 Å². The van der Waals surface area contributed by atoms with Gasteiger partial charge in [0, 0.05) is 41.4 Å². The van der Waals surface area contributed by atoms with Gasteiger partial charge in [-0.05, 0) is 65.2 Å². The van der Waals surface area contributed by atoms with Crippen molar-refractivity contribution in [3.05, 3.63) is 23.5 Å². The number of fused-ring (bicyclic) bond motifs is 3. The number of nitrogens with zero attached hydrogens (tertiary/aromatic N) is 5. The van der Waals surface area contributed by atoms with Gasteiger partial charge in [-0.3, -0.25) is 0 Å². The fraction of sp³-hybridized carbons (Fsp3) is 0.714. The van der Waals surface area contributed by atoms with E-state index in [0.29, 0.717) is 24.9 Å². The van der Waals surface area contributed by atoms with Gasteiger partial charge in [-0.2, -0.15) is 9.61 Å². The molecule has 3 aliphatic heterocycles. The minimum absolute atomic E-state index is 0.157. The van der Waals surface area contributed by atoms with Crippen LogP contribution in [-0.4, -0.2) is 79.5 Å². The molecule has 6 rings (SSSR count). The van der Waals surface area contributed by atoms with E-state index in [4.69, 9.17) is 14.5 Å². The minimum atomic E-state index is -0.536. The highest BCUT2D eigenvalue weighted by Gasteiger charge is 2.46. The van der Waals surface area contributed by atoms with Crippen LogP contribution >= 0.6 is 0 Å². The molecule has 2 unspecified atom stereocenters. The zero-order valence-corrected chi connectivity index (χ0v) is 23.1. The topological polar surface area (TPSA) is 101 Å². The molecule has 0 aromatic carbocycles. The summed E-state index contributed by atoms with van der Waals surface area (Å²) in [5, 5.41) is 8.46. The lowest BCUT2D eigenvalue weighted by Gasteiger charge is -2.42. The Hall–Kier alpha value is -3.04. The van der Waals surface area contributed by atoms with Crippen LogP contribution in [0, 0.1) is 0 Å². The summed E-state index contributed by atoms with van der Waals surface area (Å²) in [5.74, 6) is 1.92. The van der Waals surface area contributed by atoms with Gasteiger partial charge in [0.1, 0.15) is 17.5 Å². The third kappa shape index (κ3) is 4.89. The number of ether oxygens (including phenoxy) is 2. The van der Waals surface area contributed by atoms with E-state index in [9.17, 15) is 9.59 Å². The van der Waals surface area contributed by atoms with Crippen molar-refractivity contribution >= 4 is 23.7 Å². The normalized spacial score (nSPS) is 25.6. The summed E-state index contributed by atoms with van der Waals surface area (Å²) in [6.07, 6.45) is 7.21. The van der Waals surface area contributed by atoms with E-state index in [1.807, 2.05) is 36.4 Å². The maximum Gasteiger partial charge on any atom is 0.410 e. The number of aromatic nitrogens is 3. The molecule has 2 bridgehead atoms. The lowest BCUT2D eigenvalue weighted by atomic mass is 9.97. The monoisotopic (exact) mass is 524 g/mol. The molecular weight excluding hydrogens is 484 g/mol. The molecule has 3 saturated heterocycles. The summed E-state index contributed by atoms with van der Waals surface area (Å²) < 4.78 is 13.2.